The van der Waals surface area contributed by atoms with Gasteiger partial charge in [0.05, 0.1) is 13.0 Å². The zero-order chi connectivity index (χ0) is 26.1. The molecular formula is C27H50O7. The van der Waals surface area contributed by atoms with E-state index in [-0.39, 0.29) is 6.42 Å². The van der Waals surface area contributed by atoms with Gasteiger partial charge in [0.25, 0.3) is 0 Å². The Kier molecular flexibility index (Phi) is 18.3. The summed E-state index contributed by atoms with van der Waals surface area (Å²) in [4.78, 5) is 23.6. The van der Waals surface area contributed by atoms with Gasteiger partial charge in [-0.15, -0.1) is 0 Å². The average Bonchev–Trinajstić information content (AvgIpc) is 2.79. The predicted octanol–water partition coefficient (Wildman–Crippen LogP) is 3.95. The molecular weight excluding hydrogens is 436 g/mol. The lowest BCUT2D eigenvalue weighted by Crippen LogP contribution is -2.45. The summed E-state index contributed by atoms with van der Waals surface area (Å²) in [5, 5.41) is 37.1. The fraction of sp³-hybridized carbons (Fsp3) is 0.852. The number of allylic oxidation sites excluding steroid dienone is 1. The Morgan fingerprint density at radius 1 is 0.853 bits per heavy atom. The number of Topliss-reactive ketones (excluding diaryl/α,β-unsaturated/α-hetero) is 1. The highest BCUT2D eigenvalue weighted by molar-refractivity contribution is 5.86. The zero-order valence-electron chi connectivity index (χ0n) is 22.0. The van der Waals surface area contributed by atoms with E-state index in [1.807, 2.05) is 6.92 Å². The molecule has 7 nitrogen and oxygen atoms in total. The molecule has 5 atom stereocenters. The lowest BCUT2D eigenvalue weighted by Gasteiger charge is -2.20. The maximum atomic E-state index is 11.8. The van der Waals surface area contributed by atoms with Gasteiger partial charge in [-0.1, -0.05) is 84.3 Å². The third-order valence-corrected chi connectivity index (χ3v) is 6.37. The SMILES string of the molecule is C/C(=C\CC(=O)OCC(=O)[C@H](O)[C@@H](O)[C@H](O)CO)CCCC(C)CCCC(C)CCCC(C)C. The summed E-state index contributed by atoms with van der Waals surface area (Å²) in [6, 6.07) is 0. The first-order valence-corrected chi connectivity index (χ1v) is 13.0. The Hall–Kier alpha value is -1.28. The number of hydrogen-bond acceptors (Lipinski definition) is 7. The Morgan fingerprint density at radius 2 is 1.38 bits per heavy atom. The van der Waals surface area contributed by atoms with Crippen molar-refractivity contribution in [2.45, 2.75) is 117 Å². The predicted molar refractivity (Wildman–Crippen MR) is 134 cm³/mol. The summed E-state index contributed by atoms with van der Waals surface area (Å²) in [5.74, 6) is 0.762. The Labute approximate surface area is 206 Å². The molecule has 0 rings (SSSR count). The highest BCUT2D eigenvalue weighted by Gasteiger charge is 2.30. The number of ketones is 1. The van der Waals surface area contributed by atoms with E-state index in [0.29, 0.717) is 5.92 Å². The summed E-state index contributed by atoms with van der Waals surface area (Å²) >= 11 is 0. The number of ether oxygens (including phenoxy) is 1. The summed E-state index contributed by atoms with van der Waals surface area (Å²) in [6.07, 6.45) is 7.40. The van der Waals surface area contributed by atoms with E-state index < -0.39 is 43.3 Å². The monoisotopic (exact) mass is 486 g/mol. The quantitative estimate of drug-likeness (QED) is 0.152. The first-order valence-electron chi connectivity index (χ1n) is 13.0. The number of rotatable bonds is 20. The number of aliphatic hydroxyl groups excluding tert-OH is 4. The van der Waals surface area contributed by atoms with Crippen LogP contribution in [0.5, 0.6) is 0 Å². The van der Waals surface area contributed by atoms with Crippen LogP contribution in [0.4, 0.5) is 0 Å². The number of carbonyl (C=O) groups excluding carboxylic acids is 2. The van der Waals surface area contributed by atoms with Crippen LogP contribution >= 0.6 is 0 Å². The third-order valence-electron chi connectivity index (χ3n) is 6.37. The van der Waals surface area contributed by atoms with Gasteiger partial charge in [0.2, 0.25) is 5.78 Å². The van der Waals surface area contributed by atoms with E-state index >= 15 is 0 Å². The van der Waals surface area contributed by atoms with Gasteiger partial charge in [0, 0.05) is 0 Å². The molecule has 0 saturated carbocycles. The van der Waals surface area contributed by atoms with Crippen molar-refractivity contribution in [2.24, 2.45) is 17.8 Å². The van der Waals surface area contributed by atoms with E-state index in [0.717, 1.165) is 36.7 Å². The second-order valence-electron chi connectivity index (χ2n) is 10.4. The molecule has 0 aromatic rings. The molecule has 0 heterocycles. The van der Waals surface area contributed by atoms with Crippen molar-refractivity contribution in [3.05, 3.63) is 11.6 Å². The molecule has 0 radical (unpaired) electrons. The summed E-state index contributed by atoms with van der Waals surface area (Å²) < 4.78 is 4.83. The van der Waals surface area contributed by atoms with Crippen molar-refractivity contribution < 1.29 is 34.8 Å². The molecule has 0 bridgehead atoms. The second-order valence-corrected chi connectivity index (χ2v) is 10.4. The van der Waals surface area contributed by atoms with Crippen LogP contribution < -0.4 is 0 Å². The van der Waals surface area contributed by atoms with Gasteiger partial charge in [-0.2, -0.15) is 0 Å². The molecule has 0 aliphatic heterocycles. The third kappa shape index (κ3) is 16.4. The maximum absolute atomic E-state index is 11.8. The highest BCUT2D eigenvalue weighted by Crippen LogP contribution is 2.22. The Balaban J connectivity index is 4.01. The molecule has 0 aromatic carbocycles. The van der Waals surface area contributed by atoms with Crippen molar-refractivity contribution >= 4 is 11.8 Å². The fourth-order valence-corrected chi connectivity index (χ4v) is 3.87. The minimum atomic E-state index is -1.93. The minimum absolute atomic E-state index is 0.0290. The van der Waals surface area contributed by atoms with Gasteiger partial charge in [-0.3, -0.25) is 9.59 Å². The summed E-state index contributed by atoms with van der Waals surface area (Å²) in [5.41, 5.74) is 1.09. The van der Waals surface area contributed by atoms with Gasteiger partial charge in [0.1, 0.15) is 18.3 Å². The van der Waals surface area contributed by atoms with Crippen LogP contribution in [-0.2, 0) is 14.3 Å². The number of carbonyl (C=O) groups is 2. The highest BCUT2D eigenvalue weighted by atomic mass is 16.5. The van der Waals surface area contributed by atoms with Crippen molar-refractivity contribution in [1.82, 2.24) is 0 Å². The molecule has 7 heteroatoms. The van der Waals surface area contributed by atoms with Gasteiger partial charge in [-0.05, 0) is 37.5 Å². The van der Waals surface area contributed by atoms with Crippen LogP contribution in [0.25, 0.3) is 0 Å². The topological polar surface area (TPSA) is 124 Å². The normalized spacial score (nSPS) is 16.7. The second kappa shape index (κ2) is 19.0. The van der Waals surface area contributed by atoms with Crippen LogP contribution in [0.1, 0.15) is 98.8 Å². The molecule has 0 aliphatic carbocycles. The Bertz CT molecular complexity index is 588. The maximum Gasteiger partial charge on any atom is 0.310 e. The average molecular weight is 487 g/mol. The Morgan fingerprint density at radius 3 is 1.91 bits per heavy atom. The van der Waals surface area contributed by atoms with Crippen molar-refractivity contribution in [1.29, 1.82) is 0 Å². The zero-order valence-corrected chi connectivity index (χ0v) is 22.0. The smallest absolute Gasteiger partial charge is 0.310 e. The minimum Gasteiger partial charge on any atom is -0.457 e. The first kappa shape index (κ1) is 32.7. The largest absolute Gasteiger partial charge is 0.457 e. The number of aliphatic hydroxyl groups is 4. The molecule has 0 aliphatic rings. The molecule has 0 aromatic heterocycles. The van der Waals surface area contributed by atoms with Crippen LogP contribution in [0, 0.1) is 17.8 Å². The molecule has 2 unspecified atom stereocenters. The van der Waals surface area contributed by atoms with E-state index in [9.17, 15) is 24.9 Å². The van der Waals surface area contributed by atoms with Crippen LogP contribution in [-0.4, -0.2) is 63.7 Å². The van der Waals surface area contributed by atoms with Gasteiger partial charge in [0.15, 0.2) is 6.61 Å². The van der Waals surface area contributed by atoms with E-state index in [1.54, 1.807) is 6.08 Å². The first-order chi connectivity index (χ1) is 16.0. The van der Waals surface area contributed by atoms with Crippen LogP contribution in [0.3, 0.4) is 0 Å². The molecule has 0 amide bonds. The van der Waals surface area contributed by atoms with Crippen LogP contribution in [0.15, 0.2) is 11.6 Å². The number of esters is 1. The lowest BCUT2D eigenvalue weighted by molar-refractivity contribution is -0.154. The molecule has 34 heavy (non-hydrogen) atoms. The van der Waals surface area contributed by atoms with Gasteiger partial charge >= 0.3 is 5.97 Å². The molecule has 4 N–H and O–H groups in total. The summed E-state index contributed by atoms with van der Waals surface area (Å²) in [7, 11) is 0. The van der Waals surface area contributed by atoms with Crippen molar-refractivity contribution in [2.75, 3.05) is 13.2 Å². The van der Waals surface area contributed by atoms with Crippen LogP contribution in [0.2, 0.25) is 0 Å². The van der Waals surface area contributed by atoms with E-state index in [2.05, 4.69) is 27.7 Å². The molecule has 0 fully saturated rings. The standard InChI is InChI=1S/C27H50O7/c1-19(2)9-6-10-20(3)11-7-12-21(4)13-8-14-22(5)15-16-25(31)34-18-24(30)27(33)26(32)23(29)17-28/h15,19-21,23,26-29,32-33H,6-14,16-18H2,1-5H3/b22-15+/t20?,21?,23-,26+,27+/m1/s1. The van der Waals surface area contributed by atoms with Crippen molar-refractivity contribution in [3.8, 4) is 0 Å². The summed E-state index contributed by atoms with van der Waals surface area (Å²) in [6.45, 7) is 9.72. The van der Waals surface area contributed by atoms with E-state index in [4.69, 9.17) is 9.84 Å². The van der Waals surface area contributed by atoms with Crippen molar-refractivity contribution in [3.63, 3.8) is 0 Å². The fourth-order valence-electron chi connectivity index (χ4n) is 3.87. The number of hydrogen-bond donors (Lipinski definition) is 4. The van der Waals surface area contributed by atoms with Gasteiger partial charge in [-0.25, -0.2) is 0 Å². The molecule has 0 saturated heterocycles. The molecule has 0 spiro atoms. The lowest BCUT2D eigenvalue weighted by atomic mass is 9.91. The van der Waals surface area contributed by atoms with Gasteiger partial charge < -0.3 is 25.2 Å². The van der Waals surface area contributed by atoms with E-state index in [1.165, 1.54) is 38.5 Å². The molecule has 200 valence electrons.